The van der Waals surface area contributed by atoms with Gasteiger partial charge >= 0.3 is 0 Å². The van der Waals surface area contributed by atoms with Gasteiger partial charge in [-0.15, -0.1) is 24.0 Å². The van der Waals surface area contributed by atoms with Crippen molar-refractivity contribution in [2.75, 3.05) is 27.2 Å². The fourth-order valence-electron chi connectivity index (χ4n) is 2.43. The quantitative estimate of drug-likeness (QED) is 0.446. The van der Waals surface area contributed by atoms with Gasteiger partial charge in [-0.25, -0.2) is 0 Å². The van der Waals surface area contributed by atoms with Gasteiger partial charge in [-0.2, -0.15) is 0 Å². The minimum Gasteiger partial charge on any atom is -0.361 e. The predicted molar refractivity (Wildman–Crippen MR) is 98.7 cm³/mol. The van der Waals surface area contributed by atoms with Crippen LogP contribution in [0.1, 0.15) is 49.6 Å². The van der Waals surface area contributed by atoms with Crippen molar-refractivity contribution in [2.24, 2.45) is 4.99 Å². The van der Waals surface area contributed by atoms with Crippen LogP contribution in [-0.2, 0) is 0 Å². The molecule has 0 aliphatic rings. The Kier molecular flexibility index (Phi) is 9.65. The number of nitrogens with zero attached hydrogens (tertiary/aromatic N) is 3. The van der Waals surface area contributed by atoms with E-state index in [4.69, 9.17) is 4.52 Å². The molecular weight excluding hydrogens is 379 g/mol. The van der Waals surface area contributed by atoms with Crippen molar-refractivity contribution >= 4 is 29.9 Å². The lowest BCUT2D eigenvalue weighted by molar-refractivity contribution is 0.391. The Balaban J connectivity index is 0.00000400. The minimum absolute atomic E-state index is 0. The van der Waals surface area contributed by atoms with Crippen molar-refractivity contribution in [3.8, 4) is 0 Å². The highest BCUT2D eigenvalue weighted by Gasteiger charge is 2.17. The number of aryl methyl sites for hydroxylation is 2. The van der Waals surface area contributed by atoms with Crippen LogP contribution in [0.4, 0.5) is 0 Å². The Labute approximate surface area is 145 Å². The first-order chi connectivity index (χ1) is 9.51. The molecule has 0 radical (unpaired) electrons. The second-order valence-corrected chi connectivity index (χ2v) is 5.34. The molecule has 0 aliphatic carbocycles. The van der Waals surface area contributed by atoms with Gasteiger partial charge in [-0.05, 0) is 20.3 Å². The van der Waals surface area contributed by atoms with Crippen molar-refractivity contribution in [2.45, 2.75) is 46.5 Å². The lowest BCUT2D eigenvalue weighted by Gasteiger charge is -2.23. The molecule has 6 heteroatoms. The van der Waals surface area contributed by atoms with E-state index in [1.807, 2.05) is 20.9 Å². The largest absolute Gasteiger partial charge is 0.361 e. The summed E-state index contributed by atoms with van der Waals surface area (Å²) in [6.07, 6.45) is 2.37. The average Bonchev–Trinajstić information content (AvgIpc) is 2.76. The summed E-state index contributed by atoms with van der Waals surface area (Å²) in [5, 5.41) is 7.44. The maximum atomic E-state index is 5.23. The lowest BCUT2D eigenvalue weighted by atomic mass is 10.00. The Bertz CT molecular complexity index is 425. The van der Waals surface area contributed by atoms with Crippen LogP contribution in [-0.4, -0.2) is 43.2 Å². The minimum atomic E-state index is 0. The van der Waals surface area contributed by atoms with Crippen molar-refractivity contribution < 1.29 is 4.52 Å². The molecule has 1 heterocycles. The molecule has 0 bridgehead atoms. The van der Waals surface area contributed by atoms with Gasteiger partial charge in [0.15, 0.2) is 5.96 Å². The van der Waals surface area contributed by atoms with E-state index in [0.29, 0.717) is 5.92 Å². The van der Waals surface area contributed by atoms with Crippen molar-refractivity contribution in [1.82, 2.24) is 15.4 Å². The molecule has 1 unspecified atom stereocenters. The molecule has 0 saturated heterocycles. The van der Waals surface area contributed by atoms with Crippen LogP contribution >= 0.6 is 24.0 Å². The average molecular weight is 408 g/mol. The summed E-state index contributed by atoms with van der Waals surface area (Å²) in [7, 11) is 3.90. The fraction of sp³-hybridized carbons (Fsp3) is 0.733. The molecule has 21 heavy (non-hydrogen) atoms. The van der Waals surface area contributed by atoms with Crippen LogP contribution in [0, 0.1) is 13.8 Å². The number of rotatable bonds is 6. The monoisotopic (exact) mass is 408 g/mol. The van der Waals surface area contributed by atoms with E-state index in [1.54, 1.807) is 0 Å². The topological polar surface area (TPSA) is 53.7 Å². The number of halogens is 1. The van der Waals surface area contributed by atoms with E-state index < -0.39 is 0 Å². The fourth-order valence-corrected chi connectivity index (χ4v) is 2.43. The summed E-state index contributed by atoms with van der Waals surface area (Å²) >= 11 is 0. The molecule has 1 atom stereocenters. The predicted octanol–water partition coefficient (Wildman–Crippen LogP) is 3.32. The van der Waals surface area contributed by atoms with Crippen LogP contribution < -0.4 is 5.32 Å². The third kappa shape index (κ3) is 5.84. The summed E-state index contributed by atoms with van der Waals surface area (Å²) in [4.78, 5) is 6.50. The number of nitrogens with one attached hydrogen (secondary N) is 1. The molecule has 0 fully saturated rings. The molecule has 0 amide bonds. The number of hydrogen-bond donors (Lipinski definition) is 1. The Morgan fingerprint density at radius 3 is 2.57 bits per heavy atom. The zero-order chi connectivity index (χ0) is 15.1. The molecule has 122 valence electrons. The lowest BCUT2D eigenvalue weighted by Crippen LogP contribution is -2.40. The molecule has 0 spiro atoms. The van der Waals surface area contributed by atoms with Crippen molar-refractivity contribution in [1.29, 1.82) is 0 Å². The highest BCUT2D eigenvalue weighted by Crippen LogP contribution is 2.22. The van der Waals surface area contributed by atoms with Gasteiger partial charge in [0, 0.05) is 38.7 Å². The first kappa shape index (κ1) is 20.2. The number of aromatic nitrogens is 1. The van der Waals surface area contributed by atoms with E-state index in [9.17, 15) is 0 Å². The number of unbranched alkanes of at least 4 members (excludes halogenated alkanes) is 1. The van der Waals surface area contributed by atoms with Crippen LogP contribution in [0.3, 0.4) is 0 Å². The first-order valence-electron chi connectivity index (χ1n) is 7.35. The summed E-state index contributed by atoms with van der Waals surface area (Å²) in [6, 6.07) is 0. The van der Waals surface area contributed by atoms with E-state index in [2.05, 4.69) is 41.3 Å². The summed E-state index contributed by atoms with van der Waals surface area (Å²) < 4.78 is 5.23. The van der Waals surface area contributed by atoms with Crippen LogP contribution in [0.15, 0.2) is 9.52 Å². The maximum Gasteiger partial charge on any atom is 0.193 e. The summed E-state index contributed by atoms with van der Waals surface area (Å²) in [5.74, 6) is 2.20. The Morgan fingerprint density at radius 1 is 1.43 bits per heavy atom. The molecule has 1 aromatic rings. The highest BCUT2D eigenvalue weighted by molar-refractivity contribution is 14.0. The first-order valence-corrected chi connectivity index (χ1v) is 7.35. The van der Waals surface area contributed by atoms with E-state index in [0.717, 1.165) is 30.5 Å². The molecule has 0 saturated carbocycles. The third-order valence-electron chi connectivity index (χ3n) is 3.57. The van der Waals surface area contributed by atoms with Crippen molar-refractivity contribution in [3.63, 3.8) is 0 Å². The second kappa shape index (κ2) is 10.0. The number of guanidine groups is 1. The smallest absolute Gasteiger partial charge is 0.193 e. The molecule has 1 aromatic heterocycles. The molecular formula is C15H29IN4O. The van der Waals surface area contributed by atoms with Gasteiger partial charge in [0.2, 0.25) is 0 Å². The molecule has 0 aromatic carbocycles. The van der Waals surface area contributed by atoms with Gasteiger partial charge < -0.3 is 14.7 Å². The van der Waals surface area contributed by atoms with Crippen LogP contribution in [0.25, 0.3) is 0 Å². The zero-order valence-electron chi connectivity index (χ0n) is 14.1. The van der Waals surface area contributed by atoms with Gasteiger partial charge in [0.25, 0.3) is 0 Å². The van der Waals surface area contributed by atoms with Crippen LogP contribution in [0.5, 0.6) is 0 Å². The number of hydrogen-bond acceptors (Lipinski definition) is 3. The SMILES string of the molecule is CCCCN(C)C(=NC)NCC(C)c1c(C)noc1C.I. The molecule has 5 nitrogen and oxygen atoms in total. The summed E-state index contributed by atoms with van der Waals surface area (Å²) in [5.41, 5.74) is 2.18. The van der Waals surface area contributed by atoms with Crippen LogP contribution in [0.2, 0.25) is 0 Å². The van der Waals surface area contributed by atoms with Gasteiger partial charge in [-0.1, -0.05) is 25.4 Å². The van der Waals surface area contributed by atoms with Gasteiger partial charge in [0.05, 0.1) is 5.69 Å². The molecule has 0 aliphatic heterocycles. The standard InChI is InChI=1S/C15H28N4O.HI/c1-7-8-9-19(6)15(16-5)17-10-11(2)14-12(3)18-20-13(14)4;/h11H,7-10H2,1-6H3,(H,16,17);1H. The number of aliphatic imine (C=N–C) groups is 1. The maximum absolute atomic E-state index is 5.23. The third-order valence-corrected chi connectivity index (χ3v) is 3.57. The summed E-state index contributed by atoms with van der Waals surface area (Å²) in [6.45, 7) is 10.2. The second-order valence-electron chi connectivity index (χ2n) is 5.34. The molecule has 1 rings (SSSR count). The highest BCUT2D eigenvalue weighted by atomic mass is 127. The molecule has 1 N–H and O–H groups in total. The zero-order valence-corrected chi connectivity index (χ0v) is 16.4. The van der Waals surface area contributed by atoms with Crippen molar-refractivity contribution in [3.05, 3.63) is 17.0 Å². The Hall–Kier alpha value is -0.790. The van der Waals surface area contributed by atoms with Gasteiger partial charge in [0.1, 0.15) is 5.76 Å². The van der Waals surface area contributed by atoms with Gasteiger partial charge in [-0.3, -0.25) is 4.99 Å². The van der Waals surface area contributed by atoms with E-state index >= 15 is 0 Å². The van der Waals surface area contributed by atoms with E-state index in [1.165, 1.54) is 18.4 Å². The Morgan fingerprint density at radius 2 is 2.10 bits per heavy atom. The van der Waals surface area contributed by atoms with E-state index in [-0.39, 0.29) is 24.0 Å². The normalized spacial score (nSPS) is 12.8.